The summed E-state index contributed by atoms with van der Waals surface area (Å²) >= 11 is 1.07. The predicted molar refractivity (Wildman–Crippen MR) is 121 cm³/mol. The molecule has 0 spiro atoms. The van der Waals surface area contributed by atoms with Crippen molar-refractivity contribution in [2.45, 2.75) is 38.3 Å². The van der Waals surface area contributed by atoms with Crippen molar-refractivity contribution >= 4 is 23.4 Å². The zero-order chi connectivity index (χ0) is 24.0. The van der Waals surface area contributed by atoms with Gasteiger partial charge in [-0.3, -0.25) is 9.36 Å². The van der Waals surface area contributed by atoms with Gasteiger partial charge in [-0.1, -0.05) is 36.0 Å². The molecule has 10 heteroatoms. The van der Waals surface area contributed by atoms with Crippen LogP contribution in [0, 0.1) is 13.8 Å². The maximum atomic E-state index is 13.1. The molecule has 0 radical (unpaired) electrons. The van der Waals surface area contributed by atoms with Crippen LogP contribution in [0.25, 0.3) is 0 Å². The highest BCUT2D eigenvalue weighted by atomic mass is 32.2. The summed E-state index contributed by atoms with van der Waals surface area (Å²) in [5.74, 6) is 0.522. The quantitative estimate of drug-likeness (QED) is 0.330. The summed E-state index contributed by atoms with van der Waals surface area (Å²) in [5.41, 5.74) is 0.966. The second-order valence-corrected chi connectivity index (χ2v) is 8.23. The second-order valence-electron chi connectivity index (χ2n) is 7.29. The second kappa shape index (κ2) is 10.6. The Labute approximate surface area is 193 Å². The highest BCUT2D eigenvalue weighted by molar-refractivity contribution is 7.99. The van der Waals surface area contributed by atoms with E-state index in [9.17, 15) is 18.0 Å². The van der Waals surface area contributed by atoms with Crippen LogP contribution in [0.3, 0.4) is 0 Å². The first-order valence-electron chi connectivity index (χ1n) is 10.0. The van der Waals surface area contributed by atoms with Gasteiger partial charge in [0.1, 0.15) is 12.4 Å². The molecule has 0 bridgehead atoms. The normalized spacial score (nSPS) is 11.3. The number of para-hydroxylation sites is 1. The lowest BCUT2D eigenvalue weighted by atomic mass is 10.1. The molecule has 0 saturated heterocycles. The molecule has 0 aliphatic carbocycles. The minimum atomic E-state index is -4.56. The smallest absolute Gasteiger partial charge is 0.418 e. The van der Waals surface area contributed by atoms with Crippen LogP contribution in [-0.2, 0) is 24.1 Å². The highest BCUT2D eigenvalue weighted by Gasteiger charge is 2.33. The van der Waals surface area contributed by atoms with Gasteiger partial charge in [0.2, 0.25) is 5.91 Å². The molecular formula is C23H23F3N4O2S. The average Bonchev–Trinajstić information content (AvgIpc) is 3.11. The van der Waals surface area contributed by atoms with E-state index in [-0.39, 0.29) is 18.0 Å². The molecule has 0 unspecified atom stereocenters. The van der Waals surface area contributed by atoms with Crippen LogP contribution in [0.15, 0.2) is 60.3 Å². The van der Waals surface area contributed by atoms with E-state index >= 15 is 0 Å². The third kappa shape index (κ3) is 6.61. The third-order valence-electron chi connectivity index (χ3n) is 4.51. The number of amides is 1. The molecule has 0 fully saturated rings. The van der Waals surface area contributed by atoms with Crippen molar-refractivity contribution in [3.8, 4) is 5.75 Å². The number of carbonyl (C=O) groups is 1. The number of thioether (sulfide) groups is 1. The van der Waals surface area contributed by atoms with Crippen LogP contribution >= 0.6 is 11.8 Å². The SMILES string of the molecule is C=CCn1c(COc2cc(C)cc(C)c2)nnc1SCC(=O)Nc1ccccc1C(F)(F)F. The van der Waals surface area contributed by atoms with Gasteiger partial charge >= 0.3 is 6.18 Å². The molecule has 2 aromatic carbocycles. The molecule has 3 rings (SSSR count). The summed E-state index contributed by atoms with van der Waals surface area (Å²) in [4.78, 5) is 12.3. The molecule has 0 aliphatic rings. The van der Waals surface area contributed by atoms with E-state index in [0.29, 0.717) is 23.3 Å². The molecule has 174 valence electrons. The molecule has 6 nitrogen and oxygen atoms in total. The van der Waals surface area contributed by atoms with Crippen molar-refractivity contribution in [1.29, 1.82) is 0 Å². The molecular weight excluding hydrogens is 453 g/mol. The molecule has 3 aromatic rings. The Morgan fingerprint density at radius 3 is 2.55 bits per heavy atom. The Morgan fingerprint density at radius 1 is 1.18 bits per heavy atom. The number of allylic oxidation sites excluding steroid dienone is 1. The van der Waals surface area contributed by atoms with Gasteiger partial charge in [-0.15, -0.1) is 16.8 Å². The molecule has 33 heavy (non-hydrogen) atoms. The van der Waals surface area contributed by atoms with Crippen LogP contribution in [-0.4, -0.2) is 26.4 Å². The number of nitrogens with one attached hydrogen (secondary N) is 1. The fraction of sp³-hybridized carbons (Fsp3) is 0.261. The zero-order valence-electron chi connectivity index (χ0n) is 18.1. The molecule has 0 atom stereocenters. The molecule has 0 saturated carbocycles. The van der Waals surface area contributed by atoms with Crippen LogP contribution in [0.4, 0.5) is 18.9 Å². The number of alkyl halides is 3. The van der Waals surface area contributed by atoms with Crippen molar-refractivity contribution in [1.82, 2.24) is 14.8 Å². The molecule has 1 amide bonds. The lowest BCUT2D eigenvalue weighted by molar-refractivity contribution is -0.137. The van der Waals surface area contributed by atoms with Gasteiger partial charge in [0.25, 0.3) is 0 Å². The number of nitrogens with zero attached hydrogens (tertiary/aromatic N) is 3. The first-order valence-corrected chi connectivity index (χ1v) is 11.0. The zero-order valence-corrected chi connectivity index (χ0v) is 19.0. The standard InChI is InChI=1S/C23H23F3N4O2S/c1-4-9-30-20(13-32-17-11-15(2)10-16(3)12-17)28-29-22(30)33-14-21(31)27-19-8-6-5-7-18(19)23(24,25)26/h4-8,10-12H,1,9,13-14H2,2-3H3,(H,27,31). The fourth-order valence-electron chi connectivity index (χ4n) is 3.16. The number of ether oxygens (including phenoxy) is 1. The van der Waals surface area contributed by atoms with E-state index < -0.39 is 17.6 Å². The monoisotopic (exact) mass is 476 g/mol. The predicted octanol–water partition coefficient (Wildman–Crippen LogP) is 5.41. The lowest BCUT2D eigenvalue weighted by Crippen LogP contribution is -2.18. The van der Waals surface area contributed by atoms with Crippen molar-refractivity contribution in [2.24, 2.45) is 0 Å². The molecule has 1 heterocycles. The van der Waals surface area contributed by atoms with Crippen LogP contribution < -0.4 is 10.1 Å². The summed E-state index contributed by atoms with van der Waals surface area (Å²) in [6.45, 7) is 8.24. The minimum absolute atomic E-state index is 0.139. The molecule has 1 N–H and O–H groups in total. The first kappa shape index (κ1) is 24.4. The number of anilines is 1. The topological polar surface area (TPSA) is 69.0 Å². The number of carbonyl (C=O) groups excluding carboxylic acids is 1. The van der Waals surface area contributed by atoms with Crippen LogP contribution in [0.1, 0.15) is 22.5 Å². The van der Waals surface area contributed by atoms with Crippen LogP contribution in [0.2, 0.25) is 0 Å². The number of benzene rings is 2. The van der Waals surface area contributed by atoms with Gasteiger partial charge < -0.3 is 10.1 Å². The number of halogens is 3. The molecule has 0 aliphatic heterocycles. The first-order chi connectivity index (χ1) is 15.7. The Bertz CT molecular complexity index is 1120. The summed E-state index contributed by atoms with van der Waals surface area (Å²) in [6.07, 6.45) is -2.90. The minimum Gasteiger partial charge on any atom is -0.486 e. The van der Waals surface area contributed by atoms with Gasteiger partial charge in [-0.05, 0) is 49.2 Å². The Hall–Kier alpha value is -3.27. The van der Waals surface area contributed by atoms with Crippen molar-refractivity contribution in [3.63, 3.8) is 0 Å². The van der Waals surface area contributed by atoms with Crippen molar-refractivity contribution in [2.75, 3.05) is 11.1 Å². The summed E-state index contributed by atoms with van der Waals surface area (Å²) in [6, 6.07) is 10.7. The largest absolute Gasteiger partial charge is 0.486 e. The maximum Gasteiger partial charge on any atom is 0.418 e. The van der Waals surface area contributed by atoms with Crippen molar-refractivity contribution in [3.05, 3.63) is 77.6 Å². The molecule has 1 aromatic heterocycles. The van der Waals surface area contributed by atoms with Gasteiger partial charge in [0, 0.05) is 6.54 Å². The number of aromatic nitrogens is 3. The van der Waals surface area contributed by atoms with E-state index in [1.165, 1.54) is 18.2 Å². The van der Waals surface area contributed by atoms with E-state index in [2.05, 4.69) is 22.1 Å². The van der Waals surface area contributed by atoms with Gasteiger partial charge in [-0.25, -0.2) is 0 Å². The van der Waals surface area contributed by atoms with Crippen molar-refractivity contribution < 1.29 is 22.7 Å². The lowest BCUT2D eigenvalue weighted by Gasteiger charge is -2.13. The van der Waals surface area contributed by atoms with Gasteiger partial charge in [0.05, 0.1) is 17.0 Å². The average molecular weight is 477 g/mol. The number of hydrogen-bond donors (Lipinski definition) is 1. The Morgan fingerprint density at radius 2 is 1.88 bits per heavy atom. The summed E-state index contributed by atoms with van der Waals surface area (Å²) in [5, 5.41) is 11.0. The van der Waals surface area contributed by atoms with Crippen LogP contribution in [0.5, 0.6) is 5.75 Å². The van der Waals surface area contributed by atoms with E-state index in [1.54, 1.807) is 10.6 Å². The highest BCUT2D eigenvalue weighted by Crippen LogP contribution is 2.34. The van der Waals surface area contributed by atoms with Gasteiger partial charge in [0.15, 0.2) is 11.0 Å². The summed E-state index contributed by atoms with van der Waals surface area (Å²) in [7, 11) is 0. The van der Waals surface area contributed by atoms with E-state index in [0.717, 1.165) is 29.0 Å². The van der Waals surface area contributed by atoms with E-state index in [1.807, 2.05) is 32.0 Å². The van der Waals surface area contributed by atoms with Gasteiger partial charge in [-0.2, -0.15) is 13.2 Å². The Kier molecular flexibility index (Phi) is 7.80. The maximum absolute atomic E-state index is 13.1. The summed E-state index contributed by atoms with van der Waals surface area (Å²) < 4.78 is 47.0. The number of aryl methyl sites for hydroxylation is 2. The number of rotatable bonds is 9. The fourth-order valence-corrected chi connectivity index (χ4v) is 3.93. The van der Waals surface area contributed by atoms with E-state index in [4.69, 9.17) is 4.74 Å². The number of hydrogen-bond acceptors (Lipinski definition) is 5. The third-order valence-corrected chi connectivity index (χ3v) is 5.47. The Balaban J connectivity index is 1.66.